The Balaban J connectivity index is 0.00000208. The first-order chi connectivity index (χ1) is 11.2. The first-order valence-corrected chi connectivity index (χ1v) is 7.69. The summed E-state index contributed by atoms with van der Waals surface area (Å²) in [6, 6.07) is 7.94. The normalized spacial score (nSPS) is 17.8. The molecule has 2 heterocycles. The fraction of sp³-hybridized carbons (Fsp3) is 0.438. The van der Waals surface area contributed by atoms with Gasteiger partial charge in [-0.2, -0.15) is 0 Å². The number of aliphatic imine (C=N–C) groups is 1. The molecule has 0 aliphatic carbocycles. The molecule has 1 aromatic carbocycles. The van der Waals surface area contributed by atoms with Crippen molar-refractivity contribution in [2.45, 2.75) is 26.0 Å². The first kappa shape index (κ1) is 18.1. The zero-order chi connectivity index (χ0) is 16.2. The van der Waals surface area contributed by atoms with Crippen molar-refractivity contribution in [2.75, 3.05) is 19.7 Å². The molecule has 3 rings (SSSR count). The largest absolute Gasteiger partial charge is 1.00 e. The number of halogens is 1. The van der Waals surface area contributed by atoms with Crippen molar-refractivity contribution in [1.82, 2.24) is 10.2 Å². The van der Waals surface area contributed by atoms with E-state index < -0.39 is 12.1 Å². The Labute approximate surface area is 146 Å². The molecular formula is C16H19ClN3O4-. The molecule has 24 heavy (non-hydrogen) atoms. The number of nitrogens with zero attached hydrogens (tertiary/aromatic N) is 2. The lowest BCUT2D eigenvalue weighted by Gasteiger charge is -2.26. The van der Waals surface area contributed by atoms with Gasteiger partial charge in [-0.05, 0) is 18.6 Å². The van der Waals surface area contributed by atoms with E-state index in [0.29, 0.717) is 6.42 Å². The van der Waals surface area contributed by atoms with Gasteiger partial charge in [0, 0.05) is 19.5 Å². The highest BCUT2D eigenvalue weighted by molar-refractivity contribution is 5.93. The third kappa shape index (κ3) is 3.97. The van der Waals surface area contributed by atoms with Crippen LogP contribution in [-0.4, -0.2) is 48.6 Å². The Morgan fingerprint density at radius 2 is 2.17 bits per heavy atom. The second kappa shape index (κ2) is 8.01. The number of benzene rings is 1. The second-order valence-corrected chi connectivity index (χ2v) is 5.36. The number of para-hydroxylation sites is 1. The van der Waals surface area contributed by atoms with E-state index >= 15 is 0 Å². The van der Waals surface area contributed by atoms with Gasteiger partial charge >= 0.3 is 12.1 Å². The van der Waals surface area contributed by atoms with Gasteiger partial charge in [-0.1, -0.05) is 18.2 Å². The number of hydrogen-bond donors (Lipinski definition) is 1. The number of carbonyl (C=O) groups is 2. The SMILES string of the molecule is CCOC(=O)CNC(=O)OC1CCN2Cc3ccccc3N=C12.[Cl-]. The Hall–Kier alpha value is -2.28. The van der Waals surface area contributed by atoms with Crippen LogP contribution in [0.5, 0.6) is 0 Å². The molecule has 1 atom stereocenters. The fourth-order valence-corrected chi connectivity index (χ4v) is 2.74. The number of fused-ring (bicyclic) bond motifs is 2. The summed E-state index contributed by atoms with van der Waals surface area (Å²) in [4.78, 5) is 29.8. The van der Waals surface area contributed by atoms with Crippen molar-refractivity contribution >= 4 is 23.6 Å². The molecule has 0 bridgehead atoms. The van der Waals surface area contributed by atoms with E-state index in [4.69, 9.17) is 9.47 Å². The van der Waals surface area contributed by atoms with Gasteiger partial charge in [0.1, 0.15) is 12.4 Å². The van der Waals surface area contributed by atoms with Crippen LogP contribution in [0.25, 0.3) is 0 Å². The molecule has 0 aromatic heterocycles. The smallest absolute Gasteiger partial charge is 0.408 e. The lowest BCUT2D eigenvalue weighted by Crippen LogP contribution is -3.00. The number of ether oxygens (including phenoxy) is 2. The molecule has 2 aliphatic heterocycles. The number of amides is 1. The third-order valence-corrected chi connectivity index (χ3v) is 3.79. The summed E-state index contributed by atoms with van der Waals surface area (Å²) >= 11 is 0. The molecule has 1 fully saturated rings. The monoisotopic (exact) mass is 352 g/mol. The maximum absolute atomic E-state index is 11.8. The van der Waals surface area contributed by atoms with E-state index in [2.05, 4.69) is 21.3 Å². The quantitative estimate of drug-likeness (QED) is 0.674. The summed E-state index contributed by atoms with van der Waals surface area (Å²) in [6.45, 7) is 3.37. The van der Waals surface area contributed by atoms with Crippen molar-refractivity contribution in [1.29, 1.82) is 0 Å². The van der Waals surface area contributed by atoms with Crippen LogP contribution < -0.4 is 17.7 Å². The van der Waals surface area contributed by atoms with Gasteiger partial charge in [0.2, 0.25) is 0 Å². The maximum Gasteiger partial charge on any atom is 0.408 e. The van der Waals surface area contributed by atoms with Crippen molar-refractivity contribution in [3.8, 4) is 0 Å². The van der Waals surface area contributed by atoms with Gasteiger partial charge in [0.05, 0.1) is 12.3 Å². The standard InChI is InChI=1S/C16H19N3O4.ClH/c1-2-22-14(20)9-17-16(21)23-13-7-8-19-10-11-5-3-4-6-12(11)18-15(13)19;/h3-6,13H,2,7-10H2,1H3,(H,17,21);1H/p-1. The van der Waals surface area contributed by atoms with Gasteiger partial charge < -0.3 is 32.1 Å². The molecule has 7 nitrogen and oxygen atoms in total. The van der Waals surface area contributed by atoms with E-state index in [-0.39, 0.29) is 31.7 Å². The predicted molar refractivity (Wildman–Crippen MR) is 83.5 cm³/mol. The van der Waals surface area contributed by atoms with E-state index in [9.17, 15) is 9.59 Å². The number of hydrogen-bond acceptors (Lipinski definition) is 6. The molecule has 1 N–H and O–H groups in total. The van der Waals surface area contributed by atoms with E-state index in [1.54, 1.807) is 6.92 Å². The van der Waals surface area contributed by atoms with Gasteiger partial charge in [0.15, 0.2) is 6.10 Å². The lowest BCUT2D eigenvalue weighted by molar-refractivity contribution is -0.141. The number of carbonyl (C=O) groups excluding carboxylic acids is 2. The Morgan fingerprint density at radius 1 is 1.38 bits per heavy atom. The molecular weight excluding hydrogens is 334 g/mol. The highest BCUT2D eigenvalue weighted by Crippen LogP contribution is 2.30. The minimum Gasteiger partial charge on any atom is -1.00 e. The topological polar surface area (TPSA) is 80.2 Å². The fourth-order valence-electron chi connectivity index (χ4n) is 2.74. The summed E-state index contributed by atoms with van der Waals surface area (Å²) in [6.07, 6.45) is -0.323. The van der Waals surface area contributed by atoms with Gasteiger partial charge in [-0.25, -0.2) is 9.79 Å². The zero-order valence-electron chi connectivity index (χ0n) is 13.3. The van der Waals surface area contributed by atoms with Crippen molar-refractivity contribution in [2.24, 2.45) is 4.99 Å². The number of alkyl carbamates (subject to hydrolysis) is 1. The highest BCUT2D eigenvalue weighted by Gasteiger charge is 2.35. The second-order valence-electron chi connectivity index (χ2n) is 5.36. The Bertz CT molecular complexity index is 650. The molecule has 1 amide bonds. The van der Waals surface area contributed by atoms with E-state index in [1.807, 2.05) is 18.2 Å². The van der Waals surface area contributed by atoms with Gasteiger partial charge in [-0.15, -0.1) is 0 Å². The first-order valence-electron chi connectivity index (χ1n) is 7.69. The third-order valence-electron chi connectivity index (χ3n) is 3.79. The van der Waals surface area contributed by atoms with Crippen LogP contribution >= 0.6 is 0 Å². The summed E-state index contributed by atoms with van der Waals surface area (Å²) in [5.74, 6) is 0.288. The summed E-state index contributed by atoms with van der Waals surface area (Å²) in [7, 11) is 0. The molecule has 0 saturated carbocycles. The minimum atomic E-state index is -0.633. The van der Waals surface area contributed by atoms with Crippen LogP contribution in [-0.2, 0) is 20.8 Å². The zero-order valence-corrected chi connectivity index (χ0v) is 14.1. The molecule has 0 radical (unpaired) electrons. The molecule has 1 aromatic rings. The molecule has 130 valence electrons. The van der Waals surface area contributed by atoms with Crippen LogP contribution in [0.3, 0.4) is 0 Å². The van der Waals surface area contributed by atoms with Crippen LogP contribution in [0.2, 0.25) is 0 Å². The summed E-state index contributed by atoms with van der Waals surface area (Å²) in [5, 5.41) is 2.40. The van der Waals surface area contributed by atoms with Gasteiger partial charge in [-0.3, -0.25) is 4.79 Å². The van der Waals surface area contributed by atoms with Crippen LogP contribution in [0.1, 0.15) is 18.9 Å². The van der Waals surface area contributed by atoms with Crippen LogP contribution in [0.4, 0.5) is 10.5 Å². The number of nitrogens with one attached hydrogen (secondary N) is 1. The maximum atomic E-state index is 11.8. The molecule has 2 aliphatic rings. The van der Waals surface area contributed by atoms with Crippen LogP contribution in [0, 0.1) is 0 Å². The number of rotatable bonds is 4. The number of amidine groups is 1. The van der Waals surface area contributed by atoms with E-state index in [1.165, 1.54) is 5.56 Å². The summed E-state index contributed by atoms with van der Waals surface area (Å²) < 4.78 is 10.1. The number of esters is 1. The average Bonchev–Trinajstić information content (AvgIpc) is 2.93. The molecule has 1 unspecified atom stereocenters. The van der Waals surface area contributed by atoms with Crippen molar-refractivity contribution in [3.05, 3.63) is 29.8 Å². The molecule has 8 heteroatoms. The molecule has 0 spiro atoms. The summed E-state index contributed by atoms with van der Waals surface area (Å²) in [5.41, 5.74) is 2.09. The minimum absolute atomic E-state index is 0. The van der Waals surface area contributed by atoms with Crippen molar-refractivity contribution in [3.63, 3.8) is 0 Å². The van der Waals surface area contributed by atoms with Crippen LogP contribution in [0.15, 0.2) is 29.3 Å². The molecule has 1 saturated heterocycles. The van der Waals surface area contributed by atoms with Crippen molar-refractivity contribution < 1.29 is 31.5 Å². The predicted octanol–water partition coefficient (Wildman–Crippen LogP) is -1.40. The highest BCUT2D eigenvalue weighted by atomic mass is 35.5. The Morgan fingerprint density at radius 3 is 2.96 bits per heavy atom. The lowest BCUT2D eigenvalue weighted by atomic mass is 10.1. The van der Waals surface area contributed by atoms with E-state index in [0.717, 1.165) is 24.6 Å². The Kier molecular flexibility index (Phi) is 6.03. The van der Waals surface area contributed by atoms with Gasteiger partial charge in [0.25, 0.3) is 0 Å². The average molecular weight is 353 g/mol.